The monoisotopic (exact) mass is 478 g/mol. The van der Waals surface area contributed by atoms with E-state index in [4.69, 9.17) is 4.74 Å². The lowest BCUT2D eigenvalue weighted by Crippen LogP contribution is -2.51. The summed E-state index contributed by atoms with van der Waals surface area (Å²) in [5.74, 6) is 4.71. The smallest absolute Gasteiger partial charge is 0.242 e. The third-order valence-electron chi connectivity index (χ3n) is 9.56. The highest BCUT2D eigenvalue weighted by Gasteiger charge is 2.70. The fraction of sp³-hybridized carbons (Fsp3) is 0.621. The first kappa shape index (κ1) is 22.7. The van der Waals surface area contributed by atoms with Gasteiger partial charge in [-0.15, -0.1) is 0 Å². The van der Waals surface area contributed by atoms with Crippen LogP contribution in [0.2, 0.25) is 0 Å². The molecular weight excluding hydrogens is 440 g/mol. The summed E-state index contributed by atoms with van der Waals surface area (Å²) in [4.78, 5) is 13.3. The summed E-state index contributed by atoms with van der Waals surface area (Å²) in [6.45, 7) is 7.44. The number of ether oxygens (including phenoxy) is 1. The number of carbonyl (C=O) groups is 1. The molecule has 4 aliphatic carbocycles. The summed E-state index contributed by atoms with van der Waals surface area (Å²) in [5.41, 5.74) is 0.787. The third kappa shape index (κ3) is 3.83. The highest BCUT2D eigenvalue weighted by molar-refractivity contribution is 7.99. The van der Waals surface area contributed by atoms with Gasteiger partial charge in [0.25, 0.3) is 0 Å². The molecule has 1 aromatic rings. The Morgan fingerprint density at radius 3 is 2.76 bits per heavy atom. The molecule has 4 nitrogen and oxygen atoms in total. The van der Waals surface area contributed by atoms with Gasteiger partial charge in [0.15, 0.2) is 0 Å². The van der Waals surface area contributed by atoms with Crippen LogP contribution in [0.15, 0.2) is 54.3 Å². The maximum absolute atomic E-state index is 13.3. The van der Waals surface area contributed by atoms with Gasteiger partial charge in [-0.1, -0.05) is 69.4 Å². The van der Waals surface area contributed by atoms with Crippen LogP contribution < -0.4 is 14.8 Å². The van der Waals surface area contributed by atoms with Gasteiger partial charge in [-0.2, -0.15) is 0 Å². The zero-order chi connectivity index (χ0) is 23.3. The van der Waals surface area contributed by atoms with E-state index in [1.165, 1.54) is 44.9 Å². The van der Waals surface area contributed by atoms with Crippen LogP contribution in [0.4, 0.5) is 0 Å². The largest absolute Gasteiger partial charge is 0.462 e. The van der Waals surface area contributed by atoms with Crippen LogP contribution in [0.1, 0.15) is 64.7 Å². The normalized spacial score (nSPS) is 38.4. The minimum atomic E-state index is -0.504. The van der Waals surface area contributed by atoms with Crippen molar-refractivity contribution in [1.29, 1.82) is 0 Å². The number of para-hydroxylation sites is 1. The maximum Gasteiger partial charge on any atom is 0.242 e. The second-order valence-corrected chi connectivity index (χ2v) is 12.6. The van der Waals surface area contributed by atoms with Gasteiger partial charge < -0.3 is 10.1 Å². The molecule has 1 amide bonds. The minimum absolute atomic E-state index is 0.151. The Kier molecular flexibility index (Phi) is 5.84. The van der Waals surface area contributed by atoms with Gasteiger partial charge in [0.2, 0.25) is 5.91 Å². The molecule has 4 fully saturated rings. The Bertz CT molecular complexity index is 987. The number of allylic oxidation sites excluding steroid dienone is 1. The molecule has 1 aliphatic heterocycles. The fourth-order valence-corrected chi connectivity index (χ4v) is 8.13. The Hall–Kier alpha value is -1.72. The van der Waals surface area contributed by atoms with Crippen molar-refractivity contribution in [1.82, 2.24) is 10.0 Å². The Morgan fingerprint density at radius 1 is 1.24 bits per heavy atom. The summed E-state index contributed by atoms with van der Waals surface area (Å²) >= 11 is 1.58. The standard InChI is InChI=1S/C29H38N2O2S/c1-19(13-14-21-9-5-3-6-10-21)28(20(2)34-31-27(28)32)18-30-29-17-22(29)15-26(24-16-25(24)29)33-23-11-7-4-8-12-23/h4,7-8,11-12,15,20-22,24-25,30H,1,3,5-6,9-10,13-14,16-18H2,2H3,(H,31,32). The van der Waals surface area contributed by atoms with Gasteiger partial charge in [-0.3, -0.25) is 9.52 Å². The number of rotatable bonds is 9. The van der Waals surface area contributed by atoms with E-state index in [1.54, 1.807) is 11.9 Å². The molecule has 34 heavy (non-hydrogen) atoms. The van der Waals surface area contributed by atoms with E-state index in [0.717, 1.165) is 35.8 Å². The van der Waals surface area contributed by atoms with Crippen molar-refractivity contribution in [3.8, 4) is 5.75 Å². The second kappa shape index (κ2) is 8.74. The molecule has 5 aliphatic rings. The predicted octanol–water partition coefficient (Wildman–Crippen LogP) is 6.02. The van der Waals surface area contributed by atoms with E-state index in [2.05, 4.69) is 29.6 Å². The molecule has 0 radical (unpaired) electrons. The van der Waals surface area contributed by atoms with E-state index in [1.807, 2.05) is 30.3 Å². The minimum Gasteiger partial charge on any atom is -0.462 e. The quantitative estimate of drug-likeness (QED) is 0.337. The third-order valence-corrected chi connectivity index (χ3v) is 10.6. The van der Waals surface area contributed by atoms with Crippen LogP contribution in [-0.4, -0.2) is 23.2 Å². The summed E-state index contributed by atoms with van der Waals surface area (Å²) in [6.07, 6.45) is 13.7. The average Bonchev–Trinajstić information content (AvgIpc) is 3.76. The highest BCUT2D eigenvalue weighted by Crippen LogP contribution is 2.67. The SMILES string of the molecule is C=C(CCC1CCCCC1)C1(CNC23CC2C=C(Oc2ccccc2)C2CC23)C(=O)NSC1C. The van der Waals surface area contributed by atoms with Crippen molar-refractivity contribution < 1.29 is 9.53 Å². The molecule has 6 unspecified atom stereocenters. The zero-order valence-electron chi connectivity index (χ0n) is 20.4. The molecule has 5 heteroatoms. The zero-order valence-corrected chi connectivity index (χ0v) is 21.2. The summed E-state index contributed by atoms with van der Waals surface area (Å²) < 4.78 is 9.36. The van der Waals surface area contributed by atoms with Gasteiger partial charge >= 0.3 is 0 Å². The second-order valence-electron chi connectivity index (χ2n) is 11.4. The van der Waals surface area contributed by atoms with Crippen LogP contribution in [-0.2, 0) is 4.79 Å². The molecule has 1 heterocycles. The van der Waals surface area contributed by atoms with Gasteiger partial charge in [0.1, 0.15) is 11.5 Å². The first-order valence-electron chi connectivity index (χ1n) is 13.4. The lowest BCUT2D eigenvalue weighted by atomic mass is 9.73. The Labute approximate surface area is 208 Å². The molecule has 2 N–H and O–H groups in total. The number of hydrogen-bond acceptors (Lipinski definition) is 4. The predicted molar refractivity (Wildman–Crippen MR) is 138 cm³/mol. The van der Waals surface area contributed by atoms with Crippen LogP contribution in [0.5, 0.6) is 5.75 Å². The van der Waals surface area contributed by atoms with E-state index < -0.39 is 5.41 Å². The van der Waals surface area contributed by atoms with Gasteiger partial charge in [-0.05, 0) is 67.7 Å². The van der Waals surface area contributed by atoms with Crippen molar-refractivity contribution in [2.75, 3.05) is 6.54 Å². The lowest BCUT2D eigenvalue weighted by Gasteiger charge is -2.36. The number of hydrogen-bond donors (Lipinski definition) is 2. The molecule has 0 aromatic heterocycles. The van der Waals surface area contributed by atoms with Crippen molar-refractivity contribution in [2.24, 2.45) is 29.1 Å². The summed E-state index contributed by atoms with van der Waals surface area (Å²) in [5, 5.41) is 4.18. The van der Waals surface area contributed by atoms with Gasteiger partial charge in [0.05, 0.1) is 5.41 Å². The lowest BCUT2D eigenvalue weighted by molar-refractivity contribution is -0.125. The van der Waals surface area contributed by atoms with E-state index in [9.17, 15) is 4.79 Å². The van der Waals surface area contributed by atoms with Crippen molar-refractivity contribution in [3.63, 3.8) is 0 Å². The van der Waals surface area contributed by atoms with E-state index in [0.29, 0.717) is 24.3 Å². The fourth-order valence-electron chi connectivity index (χ4n) is 7.10. The van der Waals surface area contributed by atoms with Crippen LogP contribution in [0.3, 0.4) is 0 Å². The number of fused-ring (bicyclic) bond motifs is 3. The van der Waals surface area contributed by atoms with Crippen LogP contribution >= 0.6 is 11.9 Å². The molecule has 0 spiro atoms. The summed E-state index contributed by atoms with van der Waals surface area (Å²) in [6, 6.07) is 10.1. The van der Waals surface area contributed by atoms with Crippen molar-refractivity contribution in [3.05, 3.63) is 54.3 Å². The Balaban J connectivity index is 1.13. The summed E-state index contributed by atoms with van der Waals surface area (Å²) in [7, 11) is 0. The maximum atomic E-state index is 13.3. The van der Waals surface area contributed by atoms with Gasteiger partial charge in [0, 0.05) is 29.2 Å². The Morgan fingerprint density at radius 2 is 2.03 bits per heavy atom. The molecule has 6 rings (SSSR count). The first-order chi connectivity index (χ1) is 16.5. The molecular formula is C29H38N2O2S. The molecule has 0 bridgehead atoms. The van der Waals surface area contributed by atoms with Gasteiger partial charge in [-0.25, -0.2) is 0 Å². The number of carbonyl (C=O) groups excluding carboxylic acids is 1. The highest BCUT2D eigenvalue weighted by atomic mass is 32.2. The van der Waals surface area contributed by atoms with E-state index in [-0.39, 0.29) is 16.7 Å². The van der Waals surface area contributed by atoms with Crippen molar-refractivity contribution in [2.45, 2.75) is 75.5 Å². The molecule has 1 aromatic carbocycles. The first-order valence-corrected chi connectivity index (χ1v) is 14.2. The van der Waals surface area contributed by atoms with Crippen LogP contribution in [0, 0.1) is 29.1 Å². The number of amides is 1. The molecule has 1 saturated heterocycles. The number of benzene rings is 1. The average molecular weight is 479 g/mol. The topological polar surface area (TPSA) is 50.4 Å². The molecule has 182 valence electrons. The molecule has 3 saturated carbocycles. The number of nitrogens with one attached hydrogen (secondary N) is 2. The van der Waals surface area contributed by atoms with Crippen molar-refractivity contribution >= 4 is 17.9 Å². The van der Waals surface area contributed by atoms with Crippen LogP contribution in [0.25, 0.3) is 0 Å². The molecule has 6 atom stereocenters. The van der Waals surface area contributed by atoms with E-state index >= 15 is 0 Å².